The van der Waals surface area contributed by atoms with Crippen LogP contribution >= 0.6 is 0 Å². The molecule has 0 aliphatic heterocycles. The van der Waals surface area contributed by atoms with Crippen LogP contribution < -0.4 is 15.4 Å². The lowest BCUT2D eigenvalue weighted by molar-refractivity contribution is 0.262. The standard InChI is InChI=1S/C16H18N2O2/c1-11-8-12(2)10-14(9-11)18-16(19)17-13-4-6-15(20-3)7-5-13/h4-10H,1-3H3,(H2,17,18,19). The summed E-state index contributed by atoms with van der Waals surface area (Å²) in [6, 6.07) is 12.8. The van der Waals surface area contributed by atoms with Crippen LogP contribution in [-0.2, 0) is 0 Å². The van der Waals surface area contributed by atoms with Gasteiger partial charge in [-0.15, -0.1) is 0 Å². The molecule has 0 radical (unpaired) electrons. The van der Waals surface area contributed by atoms with Gasteiger partial charge in [0, 0.05) is 11.4 Å². The molecule has 0 spiro atoms. The smallest absolute Gasteiger partial charge is 0.323 e. The summed E-state index contributed by atoms with van der Waals surface area (Å²) in [4.78, 5) is 11.9. The Morgan fingerprint density at radius 3 is 2.00 bits per heavy atom. The number of carbonyl (C=O) groups is 1. The zero-order valence-corrected chi connectivity index (χ0v) is 11.9. The summed E-state index contributed by atoms with van der Waals surface area (Å²) in [6.45, 7) is 4.00. The maximum absolute atomic E-state index is 11.9. The van der Waals surface area contributed by atoms with Gasteiger partial charge in [0.1, 0.15) is 5.75 Å². The third kappa shape index (κ3) is 3.75. The first kappa shape index (κ1) is 13.9. The van der Waals surface area contributed by atoms with Crippen molar-refractivity contribution in [3.63, 3.8) is 0 Å². The molecule has 0 unspecified atom stereocenters. The number of hydrogen-bond acceptors (Lipinski definition) is 2. The predicted molar refractivity (Wildman–Crippen MR) is 81.6 cm³/mol. The van der Waals surface area contributed by atoms with Crippen LogP contribution in [0.15, 0.2) is 42.5 Å². The van der Waals surface area contributed by atoms with Gasteiger partial charge in [-0.25, -0.2) is 4.79 Å². The number of aryl methyl sites for hydroxylation is 2. The molecule has 4 heteroatoms. The summed E-state index contributed by atoms with van der Waals surface area (Å²) in [7, 11) is 1.61. The third-order valence-electron chi connectivity index (χ3n) is 2.83. The van der Waals surface area contributed by atoms with Crippen LogP contribution in [0.25, 0.3) is 0 Å². The van der Waals surface area contributed by atoms with E-state index in [4.69, 9.17) is 4.74 Å². The molecule has 2 rings (SSSR count). The second-order valence-electron chi connectivity index (χ2n) is 4.68. The summed E-state index contributed by atoms with van der Waals surface area (Å²) in [5, 5.41) is 5.59. The molecular weight excluding hydrogens is 252 g/mol. The number of anilines is 2. The summed E-state index contributed by atoms with van der Waals surface area (Å²) in [6.07, 6.45) is 0. The molecule has 2 aromatic rings. The topological polar surface area (TPSA) is 50.4 Å². The van der Waals surface area contributed by atoms with Gasteiger partial charge in [0.25, 0.3) is 0 Å². The number of urea groups is 1. The first-order chi connectivity index (χ1) is 9.56. The highest BCUT2D eigenvalue weighted by Gasteiger charge is 2.03. The van der Waals surface area contributed by atoms with Gasteiger partial charge in [0.15, 0.2) is 0 Å². The number of ether oxygens (including phenoxy) is 1. The van der Waals surface area contributed by atoms with Gasteiger partial charge in [-0.2, -0.15) is 0 Å². The maximum atomic E-state index is 11.9. The van der Waals surface area contributed by atoms with Crippen molar-refractivity contribution in [2.75, 3.05) is 17.7 Å². The minimum Gasteiger partial charge on any atom is -0.497 e. The van der Waals surface area contributed by atoms with Crippen LogP contribution in [0, 0.1) is 13.8 Å². The molecule has 20 heavy (non-hydrogen) atoms. The summed E-state index contributed by atoms with van der Waals surface area (Å²) in [5.41, 5.74) is 3.73. The molecule has 2 amide bonds. The highest BCUT2D eigenvalue weighted by atomic mass is 16.5. The van der Waals surface area contributed by atoms with Gasteiger partial charge in [0.2, 0.25) is 0 Å². The first-order valence-electron chi connectivity index (χ1n) is 6.37. The molecule has 0 atom stereocenters. The fourth-order valence-corrected chi connectivity index (χ4v) is 2.01. The second kappa shape index (κ2) is 6.10. The maximum Gasteiger partial charge on any atom is 0.323 e. The van der Waals surface area contributed by atoms with Crippen molar-refractivity contribution in [2.45, 2.75) is 13.8 Å². The predicted octanol–water partition coefficient (Wildman–Crippen LogP) is 3.96. The Labute approximate surface area is 118 Å². The van der Waals surface area contributed by atoms with Crippen LogP contribution in [0.4, 0.5) is 16.2 Å². The Hall–Kier alpha value is -2.49. The summed E-state index contributed by atoms with van der Waals surface area (Å²) in [5.74, 6) is 0.755. The minimum atomic E-state index is -0.264. The van der Waals surface area contributed by atoms with Gasteiger partial charge >= 0.3 is 6.03 Å². The zero-order valence-electron chi connectivity index (χ0n) is 11.9. The third-order valence-corrected chi connectivity index (χ3v) is 2.83. The highest BCUT2D eigenvalue weighted by Crippen LogP contribution is 2.17. The molecule has 4 nitrogen and oxygen atoms in total. The lowest BCUT2D eigenvalue weighted by Crippen LogP contribution is -2.19. The average molecular weight is 270 g/mol. The quantitative estimate of drug-likeness (QED) is 0.887. The van der Waals surface area contributed by atoms with E-state index in [1.54, 1.807) is 31.4 Å². The number of amides is 2. The summed E-state index contributed by atoms with van der Waals surface area (Å²) < 4.78 is 5.07. The number of hydrogen-bond donors (Lipinski definition) is 2. The van der Waals surface area contributed by atoms with E-state index in [0.29, 0.717) is 5.69 Å². The molecule has 0 heterocycles. The molecule has 0 saturated heterocycles. The van der Waals surface area contributed by atoms with Crippen LogP contribution in [0.5, 0.6) is 5.75 Å². The van der Waals surface area contributed by atoms with Crippen molar-refractivity contribution in [2.24, 2.45) is 0 Å². The van der Waals surface area contributed by atoms with Gasteiger partial charge in [-0.3, -0.25) is 0 Å². The van der Waals surface area contributed by atoms with Crippen molar-refractivity contribution < 1.29 is 9.53 Å². The normalized spacial score (nSPS) is 9.95. The lowest BCUT2D eigenvalue weighted by Gasteiger charge is -2.09. The molecule has 104 valence electrons. The number of rotatable bonds is 3. The molecule has 2 aromatic carbocycles. The van der Waals surface area contributed by atoms with E-state index in [9.17, 15) is 4.79 Å². The monoisotopic (exact) mass is 270 g/mol. The number of carbonyl (C=O) groups excluding carboxylic acids is 1. The Morgan fingerprint density at radius 1 is 0.900 bits per heavy atom. The Kier molecular flexibility index (Phi) is 4.25. The van der Waals surface area contributed by atoms with Gasteiger partial charge in [0.05, 0.1) is 7.11 Å². The highest BCUT2D eigenvalue weighted by molar-refractivity contribution is 5.99. The van der Waals surface area contributed by atoms with E-state index in [1.165, 1.54) is 0 Å². The zero-order chi connectivity index (χ0) is 14.5. The largest absolute Gasteiger partial charge is 0.497 e. The van der Waals surface area contributed by atoms with Crippen LogP contribution in [0.2, 0.25) is 0 Å². The molecule has 0 fully saturated rings. The summed E-state index contributed by atoms with van der Waals surface area (Å²) >= 11 is 0. The Morgan fingerprint density at radius 2 is 1.45 bits per heavy atom. The first-order valence-corrected chi connectivity index (χ1v) is 6.37. The minimum absolute atomic E-state index is 0.264. The Bertz CT molecular complexity index is 586. The second-order valence-corrected chi connectivity index (χ2v) is 4.68. The molecule has 0 aliphatic carbocycles. The SMILES string of the molecule is COc1ccc(NC(=O)Nc2cc(C)cc(C)c2)cc1. The van der Waals surface area contributed by atoms with Crippen LogP contribution in [0.3, 0.4) is 0 Å². The van der Waals surface area contributed by atoms with Gasteiger partial charge in [-0.1, -0.05) is 6.07 Å². The molecule has 0 aliphatic rings. The van der Waals surface area contributed by atoms with Crippen LogP contribution in [-0.4, -0.2) is 13.1 Å². The van der Waals surface area contributed by atoms with Crippen LogP contribution in [0.1, 0.15) is 11.1 Å². The molecule has 2 N–H and O–H groups in total. The van der Waals surface area contributed by atoms with Crippen molar-refractivity contribution >= 4 is 17.4 Å². The Balaban J connectivity index is 2.01. The lowest BCUT2D eigenvalue weighted by atomic mass is 10.1. The number of benzene rings is 2. The number of methoxy groups -OCH3 is 1. The van der Waals surface area contributed by atoms with E-state index < -0.39 is 0 Å². The molecular formula is C16H18N2O2. The van der Waals surface area contributed by atoms with E-state index >= 15 is 0 Å². The van der Waals surface area contributed by atoms with Crippen molar-refractivity contribution in [1.82, 2.24) is 0 Å². The van der Waals surface area contributed by atoms with E-state index in [-0.39, 0.29) is 6.03 Å². The molecule has 0 saturated carbocycles. The fourth-order valence-electron chi connectivity index (χ4n) is 2.01. The molecule has 0 bridgehead atoms. The van der Waals surface area contributed by atoms with Gasteiger partial charge in [-0.05, 0) is 61.4 Å². The van der Waals surface area contributed by atoms with E-state index in [1.807, 2.05) is 26.0 Å². The van der Waals surface area contributed by atoms with Crippen molar-refractivity contribution in [3.8, 4) is 5.75 Å². The number of nitrogens with one attached hydrogen (secondary N) is 2. The van der Waals surface area contributed by atoms with Crippen molar-refractivity contribution in [3.05, 3.63) is 53.6 Å². The van der Waals surface area contributed by atoms with E-state index in [2.05, 4.69) is 16.7 Å². The fraction of sp³-hybridized carbons (Fsp3) is 0.188. The van der Waals surface area contributed by atoms with E-state index in [0.717, 1.165) is 22.6 Å². The molecule has 0 aromatic heterocycles. The van der Waals surface area contributed by atoms with Crippen molar-refractivity contribution in [1.29, 1.82) is 0 Å². The van der Waals surface area contributed by atoms with Gasteiger partial charge < -0.3 is 15.4 Å². The average Bonchev–Trinajstić information content (AvgIpc) is 2.38.